The number of rotatable bonds is 7. The zero-order valence-electron chi connectivity index (χ0n) is 19.8. The SMILES string of the molecule is Cc1ccc(NC(=O)COc2ccc(/C=C3/SC(=S)N(NC(=O)Nc4ccc(Cl)c(Cl)c4)C3=O)cc2)cc1. The molecule has 4 amide bonds. The van der Waals surface area contributed by atoms with E-state index in [2.05, 4.69) is 16.1 Å². The Kier molecular flexibility index (Phi) is 8.90. The third kappa shape index (κ3) is 7.26. The van der Waals surface area contributed by atoms with Gasteiger partial charge in [-0.25, -0.2) is 10.2 Å². The molecule has 0 saturated carbocycles. The lowest BCUT2D eigenvalue weighted by atomic mass is 10.2. The summed E-state index contributed by atoms with van der Waals surface area (Å²) in [4.78, 5) is 37.6. The molecule has 38 heavy (non-hydrogen) atoms. The van der Waals surface area contributed by atoms with Crippen molar-refractivity contribution in [1.82, 2.24) is 10.4 Å². The van der Waals surface area contributed by atoms with Gasteiger partial charge in [0.15, 0.2) is 10.9 Å². The number of nitrogens with one attached hydrogen (secondary N) is 3. The number of halogens is 2. The van der Waals surface area contributed by atoms with Gasteiger partial charge >= 0.3 is 6.03 Å². The molecule has 0 radical (unpaired) electrons. The van der Waals surface area contributed by atoms with Crippen LogP contribution in [0.2, 0.25) is 10.0 Å². The number of urea groups is 1. The lowest BCUT2D eigenvalue weighted by Crippen LogP contribution is -2.46. The predicted molar refractivity (Wildman–Crippen MR) is 155 cm³/mol. The third-order valence-electron chi connectivity index (χ3n) is 5.07. The molecule has 0 atom stereocenters. The predicted octanol–water partition coefficient (Wildman–Crippen LogP) is 6.26. The lowest BCUT2D eigenvalue weighted by molar-refractivity contribution is -0.123. The molecule has 4 rings (SSSR count). The van der Waals surface area contributed by atoms with Crippen molar-refractivity contribution in [3.8, 4) is 5.75 Å². The van der Waals surface area contributed by atoms with Crippen LogP contribution in [0.1, 0.15) is 11.1 Å². The molecule has 0 bridgehead atoms. The Labute approximate surface area is 238 Å². The summed E-state index contributed by atoms with van der Waals surface area (Å²) in [6, 6.07) is 18.2. The number of ether oxygens (including phenoxy) is 1. The van der Waals surface area contributed by atoms with Crippen molar-refractivity contribution < 1.29 is 19.1 Å². The van der Waals surface area contributed by atoms with Crippen molar-refractivity contribution in [1.29, 1.82) is 0 Å². The van der Waals surface area contributed by atoms with Crippen LogP contribution in [0.15, 0.2) is 71.6 Å². The van der Waals surface area contributed by atoms with Crippen molar-refractivity contribution >= 4 is 86.8 Å². The fourth-order valence-electron chi connectivity index (χ4n) is 3.19. The summed E-state index contributed by atoms with van der Waals surface area (Å²) < 4.78 is 5.72. The van der Waals surface area contributed by atoms with Crippen LogP contribution >= 0.6 is 47.2 Å². The highest BCUT2D eigenvalue weighted by molar-refractivity contribution is 8.26. The summed E-state index contributed by atoms with van der Waals surface area (Å²) in [6.45, 7) is 1.82. The van der Waals surface area contributed by atoms with Gasteiger partial charge in [0, 0.05) is 11.4 Å². The van der Waals surface area contributed by atoms with Crippen LogP contribution in [0.3, 0.4) is 0 Å². The number of hydrazine groups is 1. The highest BCUT2D eigenvalue weighted by Crippen LogP contribution is 2.32. The number of amides is 4. The number of thiocarbonyl (C=S) groups is 1. The van der Waals surface area contributed by atoms with Crippen LogP contribution in [-0.2, 0) is 9.59 Å². The zero-order chi connectivity index (χ0) is 27.2. The van der Waals surface area contributed by atoms with Crippen LogP contribution in [0.25, 0.3) is 6.08 Å². The summed E-state index contributed by atoms with van der Waals surface area (Å²) in [5.41, 5.74) is 5.33. The minimum atomic E-state index is -0.672. The van der Waals surface area contributed by atoms with E-state index >= 15 is 0 Å². The molecule has 1 aliphatic rings. The van der Waals surface area contributed by atoms with Gasteiger partial charge in [0.05, 0.1) is 15.0 Å². The number of hydrogen-bond donors (Lipinski definition) is 3. The second-order valence-electron chi connectivity index (χ2n) is 7.98. The first-order valence-corrected chi connectivity index (χ1v) is 13.1. The molecule has 0 unspecified atom stereocenters. The second kappa shape index (κ2) is 12.3. The number of nitrogens with zero attached hydrogens (tertiary/aromatic N) is 1. The van der Waals surface area contributed by atoms with Crippen molar-refractivity contribution in [3.63, 3.8) is 0 Å². The smallest absolute Gasteiger partial charge is 0.338 e. The molecule has 1 saturated heterocycles. The van der Waals surface area contributed by atoms with Gasteiger partial charge in [0.2, 0.25) is 0 Å². The van der Waals surface area contributed by atoms with E-state index in [1.54, 1.807) is 42.5 Å². The van der Waals surface area contributed by atoms with Crippen molar-refractivity contribution in [3.05, 3.63) is 92.8 Å². The Morgan fingerprint density at radius 3 is 2.34 bits per heavy atom. The van der Waals surface area contributed by atoms with Gasteiger partial charge in [-0.05, 0) is 73.2 Å². The van der Waals surface area contributed by atoms with Crippen LogP contribution in [-0.4, -0.2) is 33.8 Å². The first-order valence-electron chi connectivity index (χ1n) is 11.1. The molecule has 3 N–H and O–H groups in total. The third-order valence-corrected chi connectivity index (χ3v) is 7.11. The standard InChI is InChI=1S/C26H20Cl2N4O4S2/c1-15-2-6-17(7-3-15)29-23(33)14-36-19-9-4-16(5-10-19)12-22-24(34)32(26(37)38-22)31-25(35)30-18-8-11-20(27)21(28)13-18/h2-13H,14H2,1H3,(H,29,33)(H2,30,31,35)/b22-12+. The quantitative estimate of drug-likeness (QED) is 0.223. The van der Waals surface area contributed by atoms with Gasteiger partial charge in [-0.15, -0.1) is 0 Å². The topological polar surface area (TPSA) is 99.8 Å². The molecule has 1 fully saturated rings. The molecule has 8 nitrogen and oxygen atoms in total. The number of benzene rings is 3. The zero-order valence-corrected chi connectivity index (χ0v) is 22.9. The molecule has 3 aromatic carbocycles. The Hall–Kier alpha value is -3.57. The Morgan fingerprint density at radius 1 is 0.974 bits per heavy atom. The number of hydrogen-bond acceptors (Lipinski definition) is 6. The average molecular weight is 588 g/mol. The molecule has 0 spiro atoms. The molecule has 194 valence electrons. The molecule has 3 aromatic rings. The maximum absolute atomic E-state index is 12.8. The fraction of sp³-hybridized carbons (Fsp3) is 0.0769. The largest absolute Gasteiger partial charge is 0.484 e. The van der Waals surface area contributed by atoms with Gasteiger partial charge in [0.25, 0.3) is 11.8 Å². The van der Waals surface area contributed by atoms with Gasteiger partial charge in [-0.1, -0.05) is 64.8 Å². The van der Waals surface area contributed by atoms with E-state index in [9.17, 15) is 14.4 Å². The number of anilines is 2. The monoisotopic (exact) mass is 586 g/mol. The Bertz CT molecular complexity index is 1430. The number of aryl methyl sites for hydroxylation is 1. The lowest BCUT2D eigenvalue weighted by Gasteiger charge is -2.16. The maximum atomic E-state index is 12.8. The Morgan fingerprint density at radius 2 is 1.66 bits per heavy atom. The molecule has 0 aromatic heterocycles. The fourth-order valence-corrected chi connectivity index (χ4v) is 4.67. The summed E-state index contributed by atoms with van der Waals surface area (Å²) in [5.74, 6) is -0.260. The summed E-state index contributed by atoms with van der Waals surface area (Å²) in [6.07, 6.45) is 1.64. The molecule has 0 aliphatic carbocycles. The van der Waals surface area contributed by atoms with E-state index in [1.807, 2.05) is 31.2 Å². The van der Waals surface area contributed by atoms with Crippen molar-refractivity contribution in [2.75, 3.05) is 17.2 Å². The molecular formula is C26H20Cl2N4O4S2. The van der Waals surface area contributed by atoms with Crippen LogP contribution < -0.4 is 20.8 Å². The highest BCUT2D eigenvalue weighted by atomic mass is 35.5. The van der Waals surface area contributed by atoms with E-state index in [1.165, 1.54) is 6.07 Å². The van der Waals surface area contributed by atoms with Crippen molar-refractivity contribution in [2.24, 2.45) is 0 Å². The van der Waals surface area contributed by atoms with Gasteiger partial charge < -0.3 is 15.4 Å². The van der Waals surface area contributed by atoms with E-state index in [0.29, 0.717) is 32.6 Å². The normalized spacial score (nSPS) is 14.0. The van der Waals surface area contributed by atoms with Gasteiger partial charge in [-0.2, -0.15) is 5.01 Å². The molecular weight excluding hydrogens is 567 g/mol. The Balaban J connectivity index is 1.30. The molecule has 1 heterocycles. The highest BCUT2D eigenvalue weighted by Gasteiger charge is 2.33. The van der Waals surface area contributed by atoms with Gasteiger partial charge in [-0.3, -0.25) is 9.59 Å². The second-order valence-corrected chi connectivity index (χ2v) is 10.5. The van der Waals surface area contributed by atoms with E-state index in [0.717, 1.165) is 22.3 Å². The average Bonchev–Trinajstić information content (AvgIpc) is 3.14. The molecule has 12 heteroatoms. The summed E-state index contributed by atoms with van der Waals surface area (Å²) in [5, 5.41) is 6.95. The minimum absolute atomic E-state index is 0.151. The maximum Gasteiger partial charge on any atom is 0.338 e. The van der Waals surface area contributed by atoms with E-state index in [-0.39, 0.29) is 21.9 Å². The summed E-state index contributed by atoms with van der Waals surface area (Å²) in [7, 11) is 0. The van der Waals surface area contributed by atoms with Gasteiger partial charge in [0.1, 0.15) is 5.75 Å². The first-order chi connectivity index (χ1) is 18.2. The van der Waals surface area contributed by atoms with E-state index in [4.69, 9.17) is 40.2 Å². The number of carbonyl (C=O) groups is 3. The summed E-state index contributed by atoms with van der Waals surface area (Å²) >= 11 is 18.1. The number of carbonyl (C=O) groups excluding carboxylic acids is 3. The van der Waals surface area contributed by atoms with Crippen LogP contribution in [0.5, 0.6) is 5.75 Å². The van der Waals surface area contributed by atoms with E-state index < -0.39 is 11.9 Å². The van der Waals surface area contributed by atoms with Crippen LogP contribution in [0, 0.1) is 6.92 Å². The minimum Gasteiger partial charge on any atom is -0.484 e. The number of thioether (sulfide) groups is 1. The molecule has 1 aliphatic heterocycles. The first kappa shape index (κ1) is 27.5. The van der Waals surface area contributed by atoms with Crippen LogP contribution in [0.4, 0.5) is 16.2 Å². The van der Waals surface area contributed by atoms with Crippen molar-refractivity contribution in [2.45, 2.75) is 6.92 Å².